The Hall–Kier alpha value is -1.30. The second kappa shape index (κ2) is 8.87. The van der Waals surface area contributed by atoms with Gasteiger partial charge in [0.15, 0.2) is 0 Å². The van der Waals surface area contributed by atoms with Gasteiger partial charge in [0.25, 0.3) is 0 Å². The van der Waals surface area contributed by atoms with Crippen LogP contribution in [0.5, 0.6) is 0 Å². The molecule has 1 fully saturated rings. The molecule has 0 aromatic heterocycles. The van der Waals surface area contributed by atoms with Crippen LogP contribution >= 0.6 is 0 Å². The topological polar surface area (TPSA) is 69.9 Å². The monoisotopic (exact) mass is 298 g/mol. The molecule has 0 aromatic carbocycles. The number of hydrogen-bond donors (Lipinski definition) is 1. The standard InChI is InChI=1S/C15H30N4O2/c1-4-17(5-2)15(21)19-11-9-18(10-12-19)14(20)8-6-7-13(3)16/h13H,4-12,16H2,1-3H3. The Morgan fingerprint density at radius 1 is 1.10 bits per heavy atom. The van der Waals surface area contributed by atoms with E-state index in [0.29, 0.717) is 32.6 Å². The molecule has 122 valence electrons. The van der Waals surface area contributed by atoms with Gasteiger partial charge < -0.3 is 20.4 Å². The number of carbonyl (C=O) groups is 2. The zero-order valence-electron chi connectivity index (χ0n) is 13.7. The molecule has 0 aromatic rings. The van der Waals surface area contributed by atoms with Crippen molar-refractivity contribution in [3.63, 3.8) is 0 Å². The molecule has 3 amide bonds. The van der Waals surface area contributed by atoms with Crippen LogP contribution in [0.15, 0.2) is 0 Å². The van der Waals surface area contributed by atoms with Crippen molar-refractivity contribution >= 4 is 11.9 Å². The molecule has 1 aliphatic rings. The predicted octanol–water partition coefficient (Wildman–Crippen LogP) is 1.11. The molecule has 0 radical (unpaired) electrons. The SMILES string of the molecule is CCN(CC)C(=O)N1CCN(C(=O)CCCC(C)N)CC1. The highest BCUT2D eigenvalue weighted by Gasteiger charge is 2.25. The second-order valence-electron chi connectivity index (χ2n) is 5.69. The summed E-state index contributed by atoms with van der Waals surface area (Å²) in [5, 5.41) is 0. The summed E-state index contributed by atoms with van der Waals surface area (Å²) < 4.78 is 0. The van der Waals surface area contributed by atoms with Gasteiger partial charge in [-0.05, 0) is 33.6 Å². The van der Waals surface area contributed by atoms with Gasteiger partial charge >= 0.3 is 6.03 Å². The minimum Gasteiger partial charge on any atom is -0.339 e. The van der Waals surface area contributed by atoms with Crippen LogP contribution < -0.4 is 5.73 Å². The summed E-state index contributed by atoms with van der Waals surface area (Å²) in [5.41, 5.74) is 5.69. The van der Waals surface area contributed by atoms with E-state index in [4.69, 9.17) is 5.73 Å². The molecule has 21 heavy (non-hydrogen) atoms. The van der Waals surface area contributed by atoms with Gasteiger partial charge in [0.1, 0.15) is 0 Å². The van der Waals surface area contributed by atoms with Crippen LogP contribution in [-0.2, 0) is 4.79 Å². The largest absolute Gasteiger partial charge is 0.339 e. The smallest absolute Gasteiger partial charge is 0.320 e. The van der Waals surface area contributed by atoms with Crippen molar-refractivity contribution in [2.45, 2.75) is 46.1 Å². The summed E-state index contributed by atoms with van der Waals surface area (Å²) in [5.74, 6) is 0.186. The third kappa shape index (κ3) is 5.53. The summed E-state index contributed by atoms with van der Waals surface area (Å²) in [4.78, 5) is 29.8. The van der Waals surface area contributed by atoms with Crippen molar-refractivity contribution in [1.29, 1.82) is 0 Å². The van der Waals surface area contributed by atoms with E-state index in [1.807, 2.05) is 35.5 Å². The Morgan fingerprint density at radius 3 is 2.10 bits per heavy atom. The highest BCUT2D eigenvalue weighted by Crippen LogP contribution is 2.09. The lowest BCUT2D eigenvalue weighted by molar-refractivity contribution is -0.132. The fourth-order valence-corrected chi connectivity index (χ4v) is 2.57. The molecule has 0 aliphatic carbocycles. The Kier molecular flexibility index (Phi) is 7.50. The maximum atomic E-state index is 12.2. The molecule has 6 nitrogen and oxygen atoms in total. The fourth-order valence-electron chi connectivity index (χ4n) is 2.57. The van der Waals surface area contributed by atoms with Crippen LogP contribution in [0, 0.1) is 0 Å². The first-order valence-corrected chi connectivity index (χ1v) is 8.06. The van der Waals surface area contributed by atoms with Gasteiger partial charge in [-0.15, -0.1) is 0 Å². The average Bonchev–Trinajstić information content (AvgIpc) is 2.48. The Morgan fingerprint density at radius 2 is 1.62 bits per heavy atom. The van der Waals surface area contributed by atoms with Crippen molar-refractivity contribution in [3.05, 3.63) is 0 Å². The van der Waals surface area contributed by atoms with Crippen LogP contribution in [0.2, 0.25) is 0 Å². The zero-order valence-corrected chi connectivity index (χ0v) is 13.7. The molecule has 0 saturated carbocycles. The molecule has 1 atom stereocenters. The summed E-state index contributed by atoms with van der Waals surface area (Å²) in [6, 6.07) is 0.241. The first-order chi connectivity index (χ1) is 9.99. The molecule has 1 aliphatic heterocycles. The van der Waals surface area contributed by atoms with Gasteiger partial charge in [-0.25, -0.2) is 4.79 Å². The van der Waals surface area contributed by atoms with Crippen molar-refractivity contribution in [1.82, 2.24) is 14.7 Å². The predicted molar refractivity (Wildman–Crippen MR) is 84.0 cm³/mol. The van der Waals surface area contributed by atoms with Gasteiger partial charge in [-0.1, -0.05) is 0 Å². The Balaban J connectivity index is 2.34. The van der Waals surface area contributed by atoms with Gasteiger partial charge in [-0.3, -0.25) is 4.79 Å². The summed E-state index contributed by atoms with van der Waals surface area (Å²) in [6.07, 6.45) is 2.28. The number of urea groups is 1. The van der Waals surface area contributed by atoms with Crippen molar-refractivity contribution in [3.8, 4) is 0 Å². The van der Waals surface area contributed by atoms with Gasteiger partial charge in [0.05, 0.1) is 0 Å². The van der Waals surface area contributed by atoms with E-state index >= 15 is 0 Å². The molecule has 1 rings (SSSR count). The van der Waals surface area contributed by atoms with Crippen LogP contribution in [0.1, 0.15) is 40.0 Å². The molecular weight excluding hydrogens is 268 g/mol. The van der Waals surface area contributed by atoms with Gasteiger partial charge in [0, 0.05) is 51.7 Å². The molecular formula is C15H30N4O2. The number of rotatable bonds is 6. The zero-order chi connectivity index (χ0) is 15.8. The van der Waals surface area contributed by atoms with Crippen molar-refractivity contribution in [2.75, 3.05) is 39.3 Å². The van der Waals surface area contributed by atoms with E-state index in [2.05, 4.69) is 0 Å². The fraction of sp³-hybridized carbons (Fsp3) is 0.867. The number of nitrogens with two attached hydrogens (primary N) is 1. The summed E-state index contributed by atoms with van der Waals surface area (Å²) >= 11 is 0. The summed E-state index contributed by atoms with van der Waals surface area (Å²) in [6.45, 7) is 9.94. The van der Waals surface area contributed by atoms with E-state index in [1.165, 1.54) is 0 Å². The normalized spacial score (nSPS) is 16.8. The molecule has 2 N–H and O–H groups in total. The Bertz CT molecular complexity index is 335. The van der Waals surface area contributed by atoms with Crippen LogP contribution in [-0.4, -0.2) is 71.9 Å². The Labute approximate surface area is 128 Å². The van der Waals surface area contributed by atoms with Crippen LogP contribution in [0.3, 0.4) is 0 Å². The lowest BCUT2D eigenvalue weighted by Gasteiger charge is -2.37. The minimum absolute atomic E-state index is 0.0871. The molecule has 1 unspecified atom stereocenters. The second-order valence-corrected chi connectivity index (χ2v) is 5.69. The van der Waals surface area contributed by atoms with Crippen LogP contribution in [0.25, 0.3) is 0 Å². The number of hydrogen-bond acceptors (Lipinski definition) is 3. The third-order valence-corrected chi connectivity index (χ3v) is 3.99. The highest BCUT2D eigenvalue weighted by atomic mass is 16.2. The van der Waals surface area contributed by atoms with E-state index in [9.17, 15) is 9.59 Å². The maximum Gasteiger partial charge on any atom is 0.320 e. The van der Waals surface area contributed by atoms with Gasteiger partial charge in [0.2, 0.25) is 5.91 Å². The first kappa shape index (κ1) is 17.8. The maximum absolute atomic E-state index is 12.2. The highest BCUT2D eigenvalue weighted by molar-refractivity contribution is 5.77. The molecule has 0 spiro atoms. The molecule has 6 heteroatoms. The van der Waals surface area contributed by atoms with E-state index in [1.54, 1.807) is 0 Å². The van der Waals surface area contributed by atoms with E-state index < -0.39 is 0 Å². The lowest BCUT2D eigenvalue weighted by Crippen LogP contribution is -2.54. The lowest BCUT2D eigenvalue weighted by atomic mass is 10.1. The quantitative estimate of drug-likeness (QED) is 0.798. The van der Waals surface area contributed by atoms with Gasteiger partial charge in [-0.2, -0.15) is 0 Å². The number of carbonyl (C=O) groups excluding carboxylic acids is 2. The van der Waals surface area contributed by atoms with E-state index in [-0.39, 0.29) is 18.0 Å². The first-order valence-electron chi connectivity index (χ1n) is 8.06. The molecule has 1 heterocycles. The molecule has 0 bridgehead atoms. The number of amides is 3. The average molecular weight is 298 g/mol. The van der Waals surface area contributed by atoms with Crippen molar-refractivity contribution < 1.29 is 9.59 Å². The minimum atomic E-state index is 0.0871. The van der Waals surface area contributed by atoms with E-state index in [0.717, 1.165) is 25.9 Å². The van der Waals surface area contributed by atoms with Crippen LogP contribution in [0.4, 0.5) is 4.79 Å². The third-order valence-electron chi connectivity index (χ3n) is 3.99. The molecule has 1 saturated heterocycles. The van der Waals surface area contributed by atoms with Crippen molar-refractivity contribution in [2.24, 2.45) is 5.73 Å². The number of nitrogens with zero attached hydrogens (tertiary/aromatic N) is 3. The number of piperazine rings is 1. The summed E-state index contributed by atoms with van der Waals surface area (Å²) in [7, 11) is 0.